The fourth-order valence-corrected chi connectivity index (χ4v) is 5.57. The van der Waals surface area contributed by atoms with Crippen molar-refractivity contribution >= 4 is 49.2 Å². The Kier molecular flexibility index (Phi) is 6.79. The Balaban J connectivity index is 1.37. The molecule has 1 N–H and O–H groups in total. The van der Waals surface area contributed by atoms with Gasteiger partial charge < -0.3 is 15.1 Å². The molecule has 0 spiro atoms. The van der Waals surface area contributed by atoms with Crippen molar-refractivity contribution in [2.24, 2.45) is 0 Å². The third kappa shape index (κ3) is 5.30. The summed E-state index contributed by atoms with van der Waals surface area (Å²) in [6, 6.07) is 11.6. The highest BCUT2D eigenvalue weighted by molar-refractivity contribution is 7.89. The average Bonchev–Trinajstić information content (AvgIpc) is 3.46. The molecule has 1 fully saturated rings. The number of pyridine rings is 1. The number of sulfone groups is 1. The first kappa shape index (κ1) is 26.7. The summed E-state index contributed by atoms with van der Waals surface area (Å²) in [5.74, 6) is 0.378. The fourth-order valence-electron chi connectivity index (χ4n) is 4.94. The van der Waals surface area contributed by atoms with Gasteiger partial charge >= 0.3 is 0 Å². The van der Waals surface area contributed by atoms with E-state index in [4.69, 9.17) is 4.98 Å². The van der Waals surface area contributed by atoms with Crippen LogP contribution in [-0.4, -0.2) is 86.9 Å². The van der Waals surface area contributed by atoms with Crippen LogP contribution in [0.25, 0.3) is 27.9 Å². The van der Waals surface area contributed by atoms with Crippen molar-refractivity contribution in [3.05, 3.63) is 71.8 Å². The molecule has 0 saturated carbocycles. The van der Waals surface area contributed by atoms with Gasteiger partial charge in [0.05, 0.1) is 12.7 Å². The molecule has 1 aliphatic heterocycles. The van der Waals surface area contributed by atoms with Crippen LogP contribution in [-0.2, 0) is 22.3 Å². The summed E-state index contributed by atoms with van der Waals surface area (Å²) in [6.45, 7) is 8.02. The predicted octanol–water partition coefficient (Wildman–Crippen LogP) is 2.01. The first-order valence-corrected chi connectivity index (χ1v) is 15.2. The van der Waals surface area contributed by atoms with E-state index in [0.29, 0.717) is 33.8 Å². The summed E-state index contributed by atoms with van der Waals surface area (Å²) in [7, 11) is -1.22. The normalized spacial score (nSPS) is 14.6. The van der Waals surface area contributed by atoms with E-state index in [1.807, 2.05) is 12.1 Å². The predicted molar refractivity (Wildman–Crippen MR) is 159 cm³/mol. The van der Waals surface area contributed by atoms with E-state index in [2.05, 4.69) is 55.9 Å². The maximum atomic E-state index is 13.3. The van der Waals surface area contributed by atoms with Gasteiger partial charge in [0.25, 0.3) is 5.56 Å². The molecule has 13 nitrogen and oxygen atoms in total. The van der Waals surface area contributed by atoms with Crippen LogP contribution in [0, 0.1) is 0 Å². The summed E-state index contributed by atoms with van der Waals surface area (Å²) in [5, 5.41) is 8.40. The van der Waals surface area contributed by atoms with Crippen LogP contribution in [0.4, 0.5) is 17.3 Å². The van der Waals surface area contributed by atoms with Crippen molar-refractivity contribution in [3.8, 4) is 5.82 Å². The maximum absolute atomic E-state index is 13.3. The lowest BCUT2D eigenvalue weighted by molar-refractivity contribution is 0.313. The lowest BCUT2D eigenvalue weighted by Gasteiger charge is -2.34. The number of allylic oxidation sites excluding steroid dienone is 1. The second kappa shape index (κ2) is 10.4. The molecule has 14 heteroatoms. The summed E-state index contributed by atoms with van der Waals surface area (Å²) < 4.78 is 28.3. The van der Waals surface area contributed by atoms with E-state index in [1.54, 1.807) is 29.1 Å². The molecule has 0 bridgehead atoms. The second-order valence-electron chi connectivity index (χ2n) is 10.2. The minimum Gasteiger partial charge on any atom is -0.369 e. The minimum atomic E-state index is -3.36. The molecule has 6 rings (SSSR count). The monoisotopic (exact) mass is 574 g/mol. The standard InChI is InChI=1S/C27H30N10O3S/c1-4-11-36-26(38)22-17-28-27(30-20-6-8-21(9-7-20)34-14-12-33(2)13-15-34)32-25(22)37(36)23-10-5-19-16-29-35(24(19)31-23)18-41(3,39)40/h4-10,16-17H,1,11-15,18H2,2-3H3,(H,28,30,32). The quantitative estimate of drug-likeness (QED) is 0.274. The SMILES string of the molecule is C=CCn1c(=O)c2cnc(Nc3ccc(N4CCN(C)CC4)cc3)nc2n1-c1ccc2cnn(CS(C)(=O)=O)c2n1. The van der Waals surface area contributed by atoms with E-state index in [9.17, 15) is 13.2 Å². The van der Waals surface area contributed by atoms with Crippen molar-refractivity contribution in [2.75, 3.05) is 49.7 Å². The molecule has 0 unspecified atom stereocenters. The Hall–Kier alpha value is -4.56. The van der Waals surface area contributed by atoms with Crippen LogP contribution < -0.4 is 15.8 Å². The van der Waals surface area contributed by atoms with E-state index < -0.39 is 9.84 Å². The first-order valence-electron chi connectivity index (χ1n) is 13.1. The van der Waals surface area contributed by atoms with Crippen LogP contribution >= 0.6 is 0 Å². The van der Waals surface area contributed by atoms with Gasteiger partial charge in [-0.2, -0.15) is 10.1 Å². The number of likely N-dealkylation sites (N-methyl/N-ethyl adjacent to an activating group) is 1. The molecular weight excluding hydrogens is 544 g/mol. The molecular formula is C27H30N10O3S. The molecule has 0 aliphatic carbocycles. The Morgan fingerprint density at radius 3 is 2.46 bits per heavy atom. The molecule has 5 aromatic rings. The zero-order valence-electron chi connectivity index (χ0n) is 22.8. The Morgan fingerprint density at radius 2 is 1.76 bits per heavy atom. The average molecular weight is 575 g/mol. The lowest BCUT2D eigenvalue weighted by atomic mass is 10.2. The lowest BCUT2D eigenvalue weighted by Crippen LogP contribution is -2.44. The highest BCUT2D eigenvalue weighted by atomic mass is 32.2. The Morgan fingerprint density at radius 1 is 1.00 bits per heavy atom. The van der Waals surface area contributed by atoms with Gasteiger partial charge in [0, 0.05) is 55.4 Å². The Labute approximate surface area is 236 Å². The van der Waals surface area contributed by atoms with Gasteiger partial charge in [-0.05, 0) is 43.4 Å². The molecule has 0 amide bonds. The van der Waals surface area contributed by atoms with Gasteiger partial charge in [-0.15, -0.1) is 6.58 Å². The van der Waals surface area contributed by atoms with E-state index in [0.717, 1.165) is 43.8 Å². The van der Waals surface area contributed by atoms with Crippen LogP contribution in [0.2, 0.25) is 0 Å². The van der Waals surface area contributed by atoms with E-state index in [-0.39, 0.29) is 18.0 Å². The highest BCUT2D eigenvalue weighted by Crippen LogP contribution is 2.23. The van der Waals surface area contributed by atoms with Gasteiger partial charge in [0.2, 0.25) is 5.95 Å². The largest absolute Gasteiger partial charge is 0.369 e. The fraction of sp³-hybridized carbons (Fsp3) is 0.296. The van der Waals surface area contributed by atoms with Gasteiger partial charge in [0.1, 0.15) is 11.3 Å². The summed E-state index contributed by atoms with van der Waals surface area (Å²) >= 11 is 0. The summed E-state index contributed by atoms with van der Waals surface area (Å²) in [6.07, 6.45) is 5.80. The minimum absolute atomic E-state index is 0.202. The zero-order valence-corrected chi connectivity index (χ0v) is 23.6. The van der Waals surface area contributed by atoms with E-state index in [1.165, 1.54) is 15.6 Å². The number of hydrogen-bond donors (Lipinski definition) is 1. The molecule has 41 heavy (non-hydrogen) atoms. The number of aromatic nitrogens is 7. The molecule has 1 aromatic carbocycles. The van der Waals surface area contributed by atoms with Crippen LogP contribution in [0.1, 0.15) is 0 Å². The second-order valence-corrected chi connectivity index (χ2v) is 12.3. The topological polar surface area (TPSA) is 136 Å². The number of anilines is 3. The number of nitrogens with zero attached hydrogens (tertiary/aromatic N) is 9. The number of piperazine rings is 1. The van der Waals surface area contributed by atoms with Gasteiger partial charge in [-0.3, -0.25) is 4.79 Å². The molecule has 1 saturated heterocycles. The van der Waals surface area contributed by atoms with Crippen molar-refractivity contribution in [3.63, 3.8) is 0 Å². The number of hydrogen-bond acceptors (Lipinski definition) is 10. The van der Waals surface area contributed by atoms with Crippen LogP contribution in [0.15, 0.2) is 66.2 Å². The third-order valence-electron chi connectivity index (χ3n) is 7.01. The molecule has 5 heterocycles. The van der Waals surface area contributed by atoms with Gasteiger partial charge in [-0.1, -0.05) is 6.08 Å². The smallest absolute Gasteiger partial charge is 0.278 e. The molecule has 0 radical (unpaired) electrons. The highest BCUT2D eigenvalue weighted by Gasteiger charge is 2.20. The zero-order chi connectivity index (χ0) is 28.7. The van der Waals surface area contributed by atoms with Gasteiger partial charge in [-0.25, -0.2) is 32.4 Å². The van der Waals surface area contributed by atoms with Crippen molar-refractivity contribution in [1.82, 2.24) is 39.0 Å². The van der Waals surface area contributed by atoms with Crippen molar-refractivity contribution in [2.45, 2.75) is 12.4 Å². The number of nitrogens with one attached hydrogen (secondary N) is 1. The molecule has 212 valence electrons. The number of rotatable bonds is 8. The number of benzene rings is 1. The maximum Gasteiger partial charge on any atom is 0.278 e. The van der Waals surface area contributed by atoms with Crippen LogP contribution in [0.3, 0.4) is 0 Å². The number of fused-ring (bicyclic) bond motifs is 2. The third-order valence-corrected chi connectivity index (χ3v) is 7.73. The molecule has 0 atom stereocenters. The Bertz CT molecular complexity index is 1920. The summed E-state index contributed by atoms with van der Waals surface area (Å²) in [5.41, 5.74) is 2.40. The molecule has 4 aromatic heterocycles. The van der Waals surface area contributed by atoms with Crippen molar-refractivity contribution in [1.29, 1.82) is 0 Å². The summed E-state index contributed by atoms with van der Waals surface area (Å²) in [4.78, 5) is 31.8. The van der Waals surface area contributed by atoms with Crippen molar-refractivity contribution < 1.29 is 8.42 Å². The van der Waals surface area contributed by atoms with Crippen LogP contribution in [0.5, 0.6) is 0 Å². The first-order chi connectivity index (χ1) is 19.7. The molecule has 1 aliphatic rings. The van der Waals surface area contributed by atoms with Gasteiger partial charge in [0.15, 0.2) is 26.9 Å². The van der Waals surface area contributed by atoms with E-state index >= 15 is 0 Å².